The third-order valence-corrected chi connectivity index (χ3v) is 8.55. The highest BCUT2D eigenvalue weighted by molar-refractivity contribution is 7.85. The highest BCUT2D eigenvalue weighted by Crippen LogP contribution is 2.33. The lowest BCUT2D eigenvalue weighted by Gasteiger charge is -2.35. The number of nitrogen functional groups attached to an aromatic ring is 1. The predicted octanol–water partition coefficient (Wildman–Crippen LogP) is 4.08. The summed E-state index contributed by atoms with van der Waals surface area (Å²) in [7, 11) is -1.06. The monoisotopic (exact) mass is 488 g/mol. The van der Waals surface area contributed by atoms with E-state index in [9.17, 15) is 13.7 Å². The third-order valence-electron chi connectivity index (χ3n) is 7.02. The van der Waals surface area contributed by atoms with E-state index in [-0.39, 0.29) is 29.2 Å². The summed E-state index contributed by atoms with van der Waals surface area (Å²) >= 11 is 0. The summed E-state index contributed by atoms with van der Waals surface area (Å²) < 4.78 is 33.0. The standard InChI is InChI=1S/C27H37FN2O3S/c1-27(2,3)20-7-4-6-17(11-20)14-30-23-16-34(32)15-19(26(23)31)10-18-12-22(28)25(29)24(13-18)33-21-8-5-9-21/h4,6-7,11-13,19,21,23,26,30-31H,5,8-10,14-16,29H2,1-3H3/t19-,23+,26+,34?/m1/s1. The highest BCUT2D eigenvalue weighted by Gasteiger charge is 2.35. The number of benzene rings is 2. The van der Waals surface area contributed by atoms with Crippen molar-refractivity contribution in [3.8, 4) is 5.75 Å². The van der Waals surface area contributed by atoms with Crippen LogP contribution in [0.1, 0.15) is 56.7 Å². The minimum atomic E-state index is -1.06. The van der Waals surface area contributed by atoms with Crippen molar-refractivity contribution in [3.63, 3.8) is 0 Å². The molecule has 4 atom stereocenters. The van der Waals surface area contributed by atoms with Crippen LogP contribution in [0.2, 0.25) is 0 Å². The van der Waals surface area contributed by atoms with Crippen LogP contribution < -0.4 is 15.8 Å². The molecule has 1 aliphatic carbocycles. The van der Waals surface area contributed by atoms with Crippen molar-refractivity contribution in [1.29, 1.82) is 0 Å². The van der Waals surface area contributed by atoms with Crippen LogP contribution in [0.5, 0.6) is 5.75 Å². The second-order valence-corrected chi connectivity index (χ2v) is 12.4. The van der Waals surface area contributed by atoms with Crippen LogP contribution in [0.15, 0.2) is 36.4 Å². The Bertz CT molecular complexity index is 1040. The molecule has 1 aliphatic heterocycles. The van der Waals surface area contributed by atoms with Gasteiger partial charge in [-0.2, -0.15) is 0 Å². The van der Waals surface area contributed by atoms with Gasteiger partial charge in [0.1, 0.15) is 17.3 Å². The summed E-state index contributed by atoms with van der Waals surface area (Å²) in [4.78, 5) is 0. The van der Waals surface area contributed by atoms with E-state index >= 15 is 0 Å². The Balaban J connectivity index is 1.43. The lowest BCUT2D eigenvalue weighted by Crippen LogP contribution is -2.53. The van der Waals surface area contributed by atoms with E-state index in [4.69, 9.17) is 10.5 Å². The van der Waals surface area contributed by atoms with Crippen LogP contribution in [-0.4, -0.2) is 39.1 Å². The zero-order chi connectivity index (χ0) is 24.5. The molecule has 1 heterocycles. The van der Waals surface area contributed by atoms with Gasteiger partial charge in [-0.15, -0.1) is 0 Å². The maximum atomic E-state index is 14.5. The molecule has 186 valence electrons. The average Bonchev–Trinajstić information content (AvgIpc) is 2.74. The van der Waals surface area contributed by atoms with Gasteiger partial charge in [-0.1, -0.05) is 45.0 Å². The Hall–Kier alpha value is -1.96. The maximum absolute atomic E-state index is 14.5. The van der Waals surface area contributed by atoms with E-state index in [2.05, 4.69) is 50.4 Å². The van der Waals surface area contributed by atoms with E-state index in [0.29, 0.717) is 35.8 Å². The number of nitrogens with two attached hydrogens (primary N) is 1. The highest BCUT2D eigenvalue weighted by atomic mass is 32.2. The first-order valence-electron chi connectivity index (χ1n) is 12.2. The molecule has 4 rings (SSSR count). The Labute approximate surface area is 204 Å². The van der Waals surface area contributed by atoms with Gasteiger partial charge in [0.2, 0.25) is 0 Å². The van der Waals surface area contributed by atoms with Crippen LogP contribution in [0, 0.1) is 11.7 Å². The van der Waals surface area contributed by atoms with Crippen molar-refractivity contribution >= 4 is 16.5 Å². The Kier molecular flexibility index (Phi) is 7.65. The first-order valence-corrected chi connectivity index (χ1v) is 13.7. The Morgan fingerprint density at radius 1 is 1.18 bits per heavy atom. The normalized spacial score (nSPS) is 25.7. The largest absolute Gasteiger partial charge is 0.488 e. The molecule has 4 N–H and O–H groups in total. The number of hydrogen-bond acceptors (Lipinski definition) is 5. The van der Waals surface area contributed by atoms with Crippen LogP contribution in [0.4, 0.5) is 10.1 Å². The fraction of sp³-hybridized carbons (Fsp3) is 0.556. The van der Waals surface area contributed by atoms with E-state index < -0.39 is 22.7 Å². The molecule has 2 aromatic carbocycles. The number of aliphatic hydroxyl groups is 1. The van der Waals surface area contributed by atoms with Crippen molar-refractivity contribution in [1.82, 2.24) is 5.32 Å². The Morgan fingerprint density at radius 2 is 1.94 bits per heavy atom. The van der Waals surface area contributed by atoms with Gasteiger partial charge in [0.05, 0.1) is 12.2 Å². The average molecular weight is 489 g/mol. The van der Waals surface area contributed by atoms with E-state index in [0.717, 1.165) is 24.8 Å². The first kappa shape index (κ1) is 25.1. The van der Waals surface area contributed by atoms with Crippen molar-refractivity contribution in [3.05, 3.63) is 58.9 Å². The van der Waals surface area contributed by atoms with Gasteiger partial charge in [0.25, 0.3) is 0 Å². The van der Waals surface area contributed by atoms with Crippen LogP contribution >= 0.6 is 0 Å². The molecule has 34 heavy (non-hydrogen) atoms. The number of hydrogen-bond donors (Lipinski definition) is 3. The number of rotatable bonds is 7. The van der Waals surface area contributed by atoms with Gasteiger partial charge >= 0.3 is 0 Å². The second-order valence-electron chi connectivity index (χ2n) is 10.8. The number of anilines is 1. The molecule has 1 saturated heterocycles. The molecule has 1 unspecified atom stereocenters. The number of ether oxygens (including phenoxy) is 1. The third kappa shape index (κ3) is 5.99. The summed E-state index contributed by atoms with van der Waals surface area (Å²) in [6, 6.07) is 11.3. The summed E-state index contributed by atoms with van der Waals surface area (Å²) in [5.41, 5.74) is 9.09. The molecule has 2 fully saturated rings. The maximum Gasteiger partial charge on any atom is 0.150 e. The molecule has 0 aromatic heterocycles. The summed E-state index contributed by atoms with van der Waals surface area (Å²) in [5, 5.41) is 14.5. The zero-order valence-electron chi connectivity index (χ0n) is 20.4. The fourth-order valence-corrected chi connectivity index (χ4v) is 6.27. The topological polar surface area (TPSA) is 84.6 Å². The number of nitrogens with one attached hydrogen (secondary N) is 1. The summed E-state index contributed by atoms with van der Waals surface area (Å²) in [6.45, 7) is 7.13. The molecular weight excluding hydrogens is 451 g/mol. The molecule has 0 radical (unpaired) electrons. The molecule has 0 amide bonds. The quantitative estimate of drug-likeness (QED) is 0.512. The molecule has 1 saturated carbocycles. The summed E-state index contributed by atoms with van der Waals surface area (Å²) in [5.74, 6) is 0.422. The molecule has 0 bridgehead atoms. The lowest BCUT2D eigenvalue weighted by molar-refractivity contribution is 0.0793. The van der Waals surface area contributed by atoms with Crippen LogP contribution in [0.3, 0.4) is 0 Å². The van der Waals surface area contributed by atoms with E-state index in [1.54, 1.807) is 6.07 Å². The van der Waals surface area contributed by atoms with Gasteiger partial charge in [0.15, 0.2) is 0 Å². The van der Waals surface area contributed by atoms with Crippen LogP contribution in [-0.2, 0) is 29.2 Å². The van der Waals surface area contributed by atoms with Gasteiger partial charge in [0, 0.05) is 40.8 Å². The van der Waals surface area contributed by atoms with Crippen molar-refractivity contribution in [2.45, 2.75) is 76.7 Å². The molecule has 2 aliphatic rings. The van der Waals surface area contributed by atoms with E-state index in [1.807, 2.05) is 0 Å². The van der Waals surface area contributed by atoms with Gasteiger partial charge in [-0.25, -0.2) is 4.39 Å². The zero-order valence-corrected chi connectivity index (χ0v) is 21.2. The molecular formula is C27H37FN2O3S. The second kappa shape index (κ2) is 10.3. The first-order chi connectivity index (χ1) is 16.1. The molecule has 0 spiro atoms. The predicted molar refractivity (Wildman–Crippen MR) is 136 cm³/mol. The number of aliphatic hydroxyl groups excluding tert-OH is 1. The summed E-state index contributed by atoms with van der Waals surface area (Å²) in [6.07, 6.45) is 2.86. The van der Waals surface area contributed by atoms with Crippen molar-refractivity contribution < 1.29 is 18.4 Å². The Morgan fingerprint density at radius 3 is 2.62 bits per heavy atom. The molecule has 7 heteroatoms. The van der Waals surface area contributed by atoms with E-state index in [1.165, 1.54) is 11.6 Å². The SMILES string of the molecule is CC(C)(C)c1cccc(CN[C@H]2CS(=O)C[C@@H](Cc3cc(F)c(N)c(OC4CCC4)c3)[C@@H]2O)c1. The van der Waals surface area contributed by atoms with Crippen molar-refractivity contribution in [2.75, 3.05) is 17.2 Å². The lowest BCUT2D eigenvalue weighted by atomic mass is 9.86. The molecule has 5 nitrogen and oxygen atoms in total. The van der Waals surface area contributed by atoms with Crippen LogP contribution in [0.25, 0.3) is 0 Å². The molecule has 2 aromatic rings. The fourth-order valence-electron chi connectivity index (χ4n) is 4.62. The van der Waals surface area contributed by atoms with Crippen molar-refractivity contribution in [2.24, 2.45) is 5.92 Å². The smallest absolute Gasteiger partial charge is 0.150 e. The minimum Gasteiger partial charge on any atom is -0.488 e. The number of halogens is 1. The van der Waals surface area contributed by atoms with Gasteiger partial charge in [-0.05, 0) is 59.9 Å². The van der Waals surface area contributed by atoms with Gasteiger partial charge < -0.3 is 20.9 Å². The minimum absolute atomic E-state index is 0.0282. The van der Waals surface area contributed by atoms with Gasteiger partial charge in [-0.3, -0.25) is 4.21 Å².